The standard InChI is InChI=1S/C21H26N2O3S/c1-17-6-8-18(9-7-17)21(24)16-22-19-10-12-20(13-11-19)27(25,26)23-14-4-2-3-5-15-23/h6-13,22H,2-5,14-16H2,1H3. The Morgan fingerprint density at radius 2 is 1.52 bits per heavy atom. The van der Waals surface area contributed by atoms with Gasteiger partial charge >= 0.3 is 0 Å². The Labute approximate surface area is 161 Å². The molecule has 1 N–H and O–H groups in total. The van der Waals surface area contributed by atoms with Crippen LogP contribution < -0.4 is 5.32 Å². The summed E-state index contributed by atoms with van der Waals surface area (Å²) in [7, 11) is -3.44. The fourth-order valence-electron chi connectivity index (χ4n) is 3.20. The van der Waals surface area contributed by atoms with E-state index in [0.717, 1.165) is 36.9 Å². The van der Waals surface area contributed by atoms with Crippen LogP contribution in [0, 0.1) is 6.92 Å². The van der Waals surface area contributed by atoms with Crippen LogP contribution in [0.1, 0.15) is 41.6 Å². The Morgan fingerprint density at radius 1 is 0.926 bits per heavy atom. The van der Waals surface area contributed by atoms with Crippen molar-refractivity contribution < 1.29 is 13.2 Å². The minimum atomic E-state index is -3.44. The number of Topliss-reactive ketones (excluding diaryl/α,β-unsaturated/α-hetero) is 1. The van der Waals surface area contributed by atoms with E-state index >= 15 is 0 Å². The van der Waals surface area contributed by atoms with Crippen LogP contribution in [0.2, 0.25) is 0 Å². The minimum Gasteiger partial charge on any atom is -0.378 e. The highest BCUT2D eigenvalue weighted by atomic mass is 32.2. The normalized spacial score (nSPS) is 15.9. The summed E-state index contributed by atoms with van der Waals surface area (Å²) in [6.07, 6.45) is 4.01. The summed E-state index contributed by atoms with van der Waals surface area (Å²) in [5.74, 6) is -0.00346. The van der Waals surface area contributed by atoms with Gasteiger partial charge in [-0.15, -0.1) is 0 Å². The van der Waals surface area contributed by atoms with Crippen LogP contribution in [0.4, 0.5) is 5.69 Å². The van der Waals surface area contributed by atoms with E-state index in [1.165, 1.54) is 0 Å². The van der Waals surface area contributed by atoms with Gasteiger partial charge in [0, 0.05) is 24.3 Å². The second-order valence-corrected chi connectivity index (χ2v) is 8.92. The summed E-state index contributed by atoms with van der Waals surface area (Å²) in [4.78, 5) is 12.5. The number of benzene rings is 2. The average Bonchev–Trinajstić information content (AvgIpc) is 2.97. The van der Waals surface area contributed by atoms with Crippen LogP contribution >= 0.6 is 0 Å². The topological polar surface area (TPSA) is 66.5 Å². The maximum Gasteiger partial charge on any atom is 0.243 e. The van der Waals surface area contributed by atoms with Gasteiger partial charge in [0.1, 0.15) is 0 Å². The molecule has 0 spiro atoms. The van der Waals surface area contributed by atoms with Gasteiger partial charge in [0.25, 0.3) is 0 Å². The van der Waals surface area contributed by atoms with Gasteiger partial charge < -0.3 is 5.32 Å². The zero-order chi connectivity index (χ0) is 19.3. The van der Waals surface area contributed by atoms with Crippen LogP contribution in [-0.4, -0.2) is 38.1 Å². The molecule has 27 heavy (non-hydrogen) atoms. The third-order valence-electron chi connectivity index (χ3n) is 4.88. The second kappa shape index (κ2) is 8.67. The van der Waals surface area contributed by atoms with Crippen molar-refractivity contribution in [2.45, 2.75) is 37.5 Å². The number of anilines is 1. The summed E-state index contributed by atoms with van der Waals surface area (Å²) in [5, 5.41) is 3.07. The largest absolute Gasteiger partial charge is 0.378 e. The number of aryl methyl sites for hydroxylation is 1. The minimum absolute atomic E-state index is 0.00346. The van der Waals surface area contributed by atoms with E-state index in [1.807, 2.05) is 31.2 Å². The van der Waals surface area contributed by atoms with E-state index in [1.54, 1.807) is 28.6 Å². The number of ketones is 1. The molecule has 1 saturated heterocycles. The predicted molar refractivity (Wildman–Crippen MR) is 108 cm³/mol. The van der Waals surface area contributed by atoms with E-state index in [2.05, 4.69) is 5.32 Å². The van der Waals surface area contributed by atoms with Crippen molar-refractivity contribution in [2.24, 2.45) is 0 Å². The molecule has 6 heteroatoms. The van der Waals surface area contributed by atoms with Crippen LogP contribution in [-0.2, 0) is 10.0 Å². The molecule has 144 valence electrons. The van der Waals surface area contributed by atoms with Gasteiger partial charge in [-0.2, -0.15) is 4.31 Å². The van der Waals surface area contributed by atoms with E-state index in [0.29, 0.717) is 23.5 Å². The fourth-order valence-corrected chi connectivity index (χ4v) is 4.72. The lowest BCUT2D eigenvalue weighted by molar-refractivity contribution is 0.101. The Bertz CT molecular complexity index is 867. The molecule has 1 fully saturated rings. The molecule has 5 nitrogen and oxygen atoms in total. The first-order chi connectivity index (χ1) is 13.0. The van der Waals surface area contributed by atoms with Crippen molar-refractivity contribution in [2.75, 3.05) is 25.0 Å². The lowest BCUT2D eigenvalue weighted by Crippen LogP contribution is -2.31. The van der Waals surface area contributed by atoms with Gasteiger partial charge in [-0.3, -0.25) is 4.79 Å². The maximum absolute atomic E-state index is 12.8. The molecule has 0 aromatic heterocycles. The van der Waals surface area contributed by atoms with Crippen LogP contribution in [0.3, 0.4) is 0 Å². The lowest BCUT2D eigenvalue weighted by atomic mass is 10.1. The van der Waals surface area contributed by atoms with Gasteiger partial charge in [0.15, 0.2) is 5.78 Å². The number of rotatable bonds is 6. The van der Waals surface area contributed by atoms with E-state index in [9.17, 15) is 13.2 Å². The highest BCUT2D eigenvalue weighted by Crippen LogP contribution is 2.21. The van der Waals surface area contributed by atoms with Crippen molar-refractivity contribution in [3.05, 3.63) is 59.7 Å². The molecule has 0 radical (unpaired) electrons. The predicted octanol–water partition coefficient (Wildman–Crippen LogP) is 3.85. The van der Waals surface area contributed by atoms with Gasteiger partial charge in [-0.1, -0.05) is 42.7 Å². The zero-order valence-electron chi connectivity index (χ0n) is 15.6. The summed E-state index contributed by atoms with van der Waals surface area (Å²) >= 11 is 0. The van der Waals surface area contributed by atoms with Crippen molar-refractivity contribution in [3.63, 3.8) is 0 Å². The van der Waals surface area contributed by atoms with E-state index in [4.69, 9.17) is 0 Å². The van der Waals surface area contributed by atoms with Crippen LogP contribution in [0.5, 0.6) is 0 Å². The molecular weight excluding hydrogens is 360 g/mol. The second-order valence-electron chi connectivity index (χ2n) is 6.99. The highest BCUT2D eigenvalue weighted by Gasteiger charge is 2.24. The number of carbonyl (C=O) groups is 1. The van der Waals surface area contributed by atoms with Crippen LogP contribution in [0.25, 0.3) is 0 Å². The van der Waals surface area contributed by atoms with Gasteiger partial charge in [-0.05, 0) is 44.0 Å². The zero-order valence-corrected chi connectivity index (χ0v) is 16.5. The van der Waals surface area contributed by atoms with Crippen molar-refractivity contribution in [1.29, 1.82) is 0 Å². The van der Waals surface area contributed by atoms with Crippen molar-refractivity contribution in [1.82, 2.24) is 4.31 Å². The van der Waals surface area contributed by atoms with Gasteiger partial charge in [-0.25, -0.2) is 8.42 Å². The van der Waals surface area contributed by atoms with Crippen molar-refractivity contribution in [3.8, 4) is 0 Å². The number of nitrogens with zero attached hydrogens (tertiary/aromatic N) is 1. The first kappa shape index (κ1) is 19.6. The summed E-state index contributed by atoms with van der Waals surface area (Å²) in [6, 6.07) is 14.1. The lowest BCUT2D eigenvalue weighted by Gasteiger charge is -2.20. The van der Waals surface area contributed by atoms with Crippen LogP contribution in [0.15, 0.2) is 53.4 Å². The van der Waals surface area contributed by atoms with E-state index in [-0.39, 0.29) is 12.3 Å². The molecule has 2 aromatic rings. The third-order valence-corrected chi connectivity index (χ3v) is 6.80. The highest BCUT2D eigenvalue weighted by molar-refractivity contribution is 7.89. The number of carbonyl (C=O) groups excluding carboxylic acids is 1. The molecule has 3 rings (SSSR count). The number of hydrogen-bond acceptors (Lipinski definition) is 4. The van der Waals surface area contributed by atoms with Gasteiger partial charge in [0.2, 0.25) is 10.0 Å². The molecule has 0 saturated carbocycles. The Hall–Kier alpha value is -2.18. The molecule has 0 unspecified atom stereocenters. The Kier molecular flexibility index (Phi) is 6.29. The quantitative estimate of drug-likeness (QED) is 0.766. The number of sulfonamides is 1. The first-order valence-corrected chi connectivity index (χ1v) is 10.8. The first-order valence-electron chi connectivity index (χ1n) is 9.41. The Morgan fingerprint density at radius 3 is 2.11 bits per heavy atom. The monoisotopic (exact) mass is 386 g/mol. The maximum atomic E-state index is 12.8. The number of nitrogens with one attached hydrogen (secondary N) is 1. The molecular formula is C21H26N2O3S. The molecule has 0 atom stereocenters. The van der Waals surface area contributed by atoms with Crippen molar-refractivity contribution >= 4 is 21.5 Å². The van der Waals surface area contributed by atoms with Gasteiger partial charge in [0.05, 0.1) is 11.4 Å². The molecule has 0 aliphatic carbocycles. The molecule has 2 aromatic carbocycles. The molecule has 0 amide bonds. The molecule has 0 bridgehead atoms. The molecule has 1 aliphatic heterocycles. The smallest absolute Gasteiger partial charge is 0.243 e. The fraction of sp³-hybridized carbons (Fsp3) is 0.381. The average molecular weight is 387 g/mol. The Balaban J connectivity index is 1.62. The SMILES string of the molecule is Cc1ccc(C(=O)CNc2ccc(S(=O)(=O)N3CCCCCC3)cc2)cc1. The molecule has 1 heterocycles. The van der Waals surface area contributed by atoms with E-state index < -0.39 is 10.0 Å². The molecule has 1 aliphatic rings. The third kappa shape index (κ3) is 4.96. The summed E-state index contributed by atoms with van der Waals surface area (Å²) in [6.45, 7) is 3.33. The summed E-state index contributed by atoms with van der Waals surface area (Å²) in [5.41, 5.74) is 2.50. The number of hydrogen-bond donors (Lipinski definition) is 1. The summed E-state index contributed by atoms with van der Waals surface area (Å²) < 4.78 is 27.1.